The van der Waals surface area contributed by atoms with Crippen LogP contribution in [0.2, 0.25) is 0 Å². The molecule has 0 aromatic carbocycles. The molecule has 0 aliphatic rings. The summed E-state index contributed by atoms with van der Waals surface area (Å²) < 4.78 is 4.88. The molecule has 0 aromatic heterocycles. The molecule has 3 N–H and O–H groups in total. The number of nitrogens with two attached hydrogens (primary N) is 1. The molecule has 3 nitrogen and oxygen atoms in total. The second-order valence-corrected chi connectivity index (χ2v) is 1.95. The van der Waals surface area contributed by atoms with E-state index in [-0.39, 0.29) is 6.23 Å². The van der Waals surface area contributed by atoms with E-state index >= 15 is 0 Å². The van der Waals surface area contributed by atoms with Crippen LogP contribution in [0.1, 0.15) is 26.7 Å². The first-order valence-corrected chi connectivity index (χ1v) is 3.29. The Balaban J connectivity index is 3.22. The van der Waals surface area contributed by atoms with Gasteiger partial charge in [-0.1, -0.05) is 13.8 Å². The van der Waals surface area contributed by atoms with Crippen LogP contribution in [0.4, 0.5) is 0 Å². The molecule has 56 valence electrons. The molecular weight excluding hydrogens is 118 g/mol. The van der Waals surface area contributed by atoms with Gasteiger partial charge in [-0.2, -0.15) is 0 Å². The van der Waals surface area contributed by atoms with Gasteiger partial charge in [-0.15, -0.1) is 0 Å². The van der Waals surface area contributed by atoms with Gasteiger partial charge in [-0.3, -0.25) is 0 Å². The molecular formula is C6H15NO2. The van der Waals surface area contributed by atoms with Crippen LogP contribution in [-0.4, -0.2) is 17.6 Å². The van der Waals surface area contributed by atoms with E-state index in [4.69, 9.17) is 15.6 Å². The van der Waals surface area contributed by atoms with Gasteiger partial charge in [0.05, 0.1) is 0 Å². The molecule has 0 bridgehead atoms. The third-order valence-corrected chi connectivity index (χ3v) is 1.08. The Morgan fingerprint density at radius 2 is 2.00 bits per heavy atom. The van der Waals surface area contributed by atoms with Crippen molar-refractivity contribution in [2.75, 3.05) is 0 Å². The zero-order valence-corrected chi connectivity index (χ0v) is 6.00. The molecule has 0 saturated heterocycles. The molecule has 0 amide bonds. The lowest BCUT2D eigenvalue weighted by Crippen LogP contribution is -2.28. The molecule has 0 rings (SSSR count). The predicted octanol–water partition coefficient (Wildman–Crippen LogP) is 0.426. The fourth-order valence-corrected chi connectivity index (χ4v) is 0.394. The van der Waals surface area contributed by atoms with Crippen molar-refractivity contribution in [3.8, 4) is 0 Å². The number of hydrogen-bond donors (Lipinski definition) is 2. The van der Waals surface area contributed by atoms with Crippen molar-refractivity contribution in [2.45, 2.75) is 39.2 Å². The molecule has 3 heteroatoms. The molecule has 0 saturated carbocycles. The summed E-state index contributed by atoms with van der Waals surface area (Å²) in [7, 11) is 0. The summed E-state index contributed by atoms with van der Waals surface area (Å²) in [4.78, 5) is 0. The number of rotatable bonds is 4. The molecule has 2 unspecified atom stereocenters. The van der Waals surface area contributed by atoms with Crippen LogP contribution in [0.15, 0.2) is 0 Å². The quantitative estimate of drug-likeness (QED) is 0.547. The number of aliphatic hydroxyl groups is 1. The lowest BCUT2D eigenvalue weighted by atomic mass is 10.4. The van der Waals surface area contributed by atoms with E-state index in [0.29, 0.717) is 6.42 Å². The van der Waals surface area contributed by atoms with E-state index in [0.717, 1.165) is 6.42 Å². The highest BCUT2D eigenvalue weighted by Gasteiger charge is 2.04. The van der Waals surface area contributed by atoms with Gasteiger partial charge in [-0.25, -0.2) is 0 Å². The second-order valence-electron chi connectivity index (χ2n) is 1.95. The van der Waals surface area contributed by atoms with Gasteiger partial charge in [0.25, 0.3) is 0 Å². The van der Waals surface area contributed by atoms with E-state index in [1.54, 1.807) is 0 Å². The van der Waals surface area contributed by atoms with Gasteiger partial charge in [0, 0.05) is 0 Å². The molecule has 0 aliphatic heterocycles. The first kappa shape index (κ1) is 8.88. The summed E-state index contributed by atoms with van der Waals surface area (Å²) in [6, 6.07) is 0. The zero-order chi connectivity index (χ0) is 7.28. The average Bonchev–Trinajstić information content (AvgIpc) is 1.87. The summed E-state index contributed by atoms with van der Waals surface area (Å²) in [5.41, 5.74) is 5.37. The maximum absolute atomic E-state index is 8.86. The van der Waals surface area contributed by atoms with Crippen molar-refractivity contribution in [3.05, 3.63) is 0 Å². The molecule has 0 radical (unpaired) electrons. The minimum absolute atomic E-state index is 0.319. The van der Waals surface area contributed by atoms with Crippen LogP contribution in [0.3, 0.4) is 0 Å². The first-order valence-electron chi connectivity index (χ1n) is 3.29. The topological polar surface area (TPSA) is 55.5 Å². The highest BCUT2D eigenvalue weighted by molar-refractivity contribution is 4.43. The van der Waals surface area contributed by atoms with E-state index in [1.165, 1.54) is 0 Å². The Bertz CT molecular complexity index is 60.1. The zero-order valence-electron chi connectivity index (χ0n) is 6.00. The van der Waals surface area contributed by atoms with E-state index in [2.05, 4.69) is 0 Å². The van der Waals surface area contributed by atoms with Gasteiger partial charge in [-0.05, 0) is 12.8 Å². The summed E-state index contributed by atoms with van der Waals surface area (Å²) in [6.45, 7) is 3.75. The fraction of sp³-hybridized carbons (Fsp3) is 1.00. The van der Waals surface area contributed by atoms with Gasteiger partial charge in [0.15, 0.2) is 6.29 Å². The molecule has 9 heavy (non-hydrogen) atoms. The Labute approximate surface area is 55.8 Å². The fourth-order valence-electron chi connectivity index (χ4n) is 0.394. The van der Waals surface area contributed by atoms with Crippen molar-refractivity contribution in [1.82, 2.24) is 0 Å². The lowest BCUT2D eigenvalue weighted by molar-refractivity contribution is -0.135. The largest absolute Gasteiger partial charge is 0.368 e. The van der Waals surface area contributed by atoms with Crippen LogP contribution in [-0.2, 0) is 4.74 Å². The third kappa shape index (κ3) is 4.39. The maximum atomic E-state index is 8.86. The standard InChI is InChI=1S/C6H15NO2/c1-3-5(7)9-6(8)4-2/h5-6,8H,3-4,7H2,1-2H3. The SMILES string of the molecule is CCC(N)OC(O)CC. The molecule has 0 fully saturated rings. The van der Waals surface area contributed by atoms with Gasteiger partial charge in [0.2, 0.25) is 0 Å². The Morgan fingerprint density at radius 3 is 2.33 bits per heavy atom. The van der Waals surface area contributed by atoms with Crippen LogP contribution in [0.25, 0.3) is 0 Å². The molecule has 2 atom stereocenters. The highest BCUT2D eigenvalue weighted by atomic mass is 16.6. The predicted molar refractivity (Wildman–Crippen MR) is 35.6 cm³/mol. The van der Waals surface area contributed by atoms with Gasteiger partial charge < -0.3 is 15.6 Å². The van der Waals surface area contributed by atoms with E-state index in [9.17, 15) is 0 Å². The summed E-state index contributed by atoms with van der Waals surface area (Å²) >= 11 is 0. The van der Waals surface area contributed by atoms with Crippen molar-refractivity contribution in [2.24, 2.45) is 5.73 Å². The molecule has 0 aromatic rings. The Morgan fingerprint density at radius 1 is 1.44 bits per heavy atom. The van der Waals surface area contributed by atoms with Crippen molar-refractivity contribution in [1.29, 1.82) is 0 Å². The van der Waals surface area contributed by atoms with Crippen LogP contribution in [0.5, 0.6) is 0 Å². The van der Waals surface area contributed by atoms with Crippen molar-refractivity contribution < 1.29 is 9.84 Å². The summed E-state index contributed by atoms with van der Waals surface area (Å²) in [5, 5.41) is 8.86. The number of ether oxygens (including phenoxy) is 1. The lowest BCUT2D eigenvalue weighted by Gasteiger charge is -2.14. The summed E-state index contributed by atoms with van der Waals surface area (Å²) in [6.07, 6.45) is 0.310. The summed E-state index contributed by atoms with van der Waals surface area (Å²) in [5.74, 6) is 0. The van der Waals surface area contributed by atoms with Crippen molar-refractivity contribution >= 4 is 0 Å². The monoisotopic (exact) mass is 133 g/mol. The highest BCUT2D eigenvalue weighted by Crippen LogP contribution is 1.97. The normalized spacial score (nSPS) is 17.3. The minimum atomic E-state index is -0.694. The van der Waals surface area contributed by atoms with E-state index in [1.807, 2.05) is 13.8 Å². The average molecular weight is 133 g/mol. The Kier molecular flexibility index (Phi) is 4.67. The Hall–Kier alpha value is -0.120. The van der Waals surface area contributed by atoms with Gasteiger partial charge in [0.1, 0.15) is 6.23 Å². The molecule has 0 aliphatic carbocycles. The smallest absolute Gasteiger partial charge is 0.156 e. The van der Waals surface area contributed by atoms with Crippen molar-refractivity contribution in [3.63, 3.8) is 0 Å². The first-order chi connectivity index (χ1) is 4.20. The second kappa shape index (κ2) is 4.73. The number of hydrogen-bond acceptors (Lipinski definition) is 3. The third-order valence-electron chi connectivity index (χ3n) is 1.08. The van der Waals surface area contributed by atoms with Crippen LogP contribution < -0.4 is 5.73 Å². The van der Waals surface area contributed by atoms with E-state index < -0.39 is 6.29 Å². The molecule has 0 heterocycles. The van der Waals surface area contributed by atoms with Crippen LogP contribution >= 0.6 is 0 Å². The minimum Gasteiger partial charge on any atom is -0.368 e. The number of aliphatic hydroxyl groups excluding tert-OH is 1. The maximum Gasteiger partial charge on any atom is 0.156 e. The van der Waals surface area contributed by atoms with Gasteiger partial charge >= 0.3 is 0 Å². The molecule has 0 spiro atoms. The van der Waals surface area contributed by atoms with Crippen LogP contribution in [0, 0.1) is 0 Å².